The highest BCUT2D eigenvalue weighted by Gasteiger charge is 2.30. The molecule has 0 amide bonds. The molecule has 2 heterocycles. The SMILES string of the molecule is CCC1COC(C)CN1c1nc(C(C)(C)C)c(CNC)s1. The molecule has 1 aliphatic rings. The van der Waals surface area contributed by atoms with Crippen molar-refractivity contribution >= 4 is 16.5 Å². The van der Waals surface area contributed by atoms with Crippen molar-refractivity contribution in [3.05, 3.63) is 10.6 Å². The second kappa shape index (κ2) is 6.63. The summed E-state index contributed by atoms with van der Waals surface area (Å²) in [6.45, 7) is 13.7. The largest absolute Gasteiger partial charge is 0.375 e. The van der Waals surface area contributed by atoms with Crippen LogP contribution in [-0.2, 0) is 16.7 Å². The lowest BCUT2D eigenvalue weighted by Gasteiger charge is -2.38. The van der Waals surface area contributed by atoms with Gasteiger partial charge in [-0.25, -0.2) is 4.98 Å². The van der Waals surface area contributed by atoms with Crippen LogP contribution in [0.5, 0.6) is 0 Å². The molecule has 1 N–H and O–H groups in total. The second-order valence-electron chi connectivity index (χ2n) is 6.91. The summed E-state index contributed by atoms with van der Waals surface area (Å²) in [4.78, 5) is 8.81. The third-order valence-electron chi connectivity index (χ3n) is 3.92. The number of hydrogen-bond donors (Lipinski definition) is 1. The predicted octanol–water partition coefficient (Wildman–Crippen LogP) is 3.16. The summed E-state index contributed by atoms with van der Waals surface area (Å²) in [5.74, 6) is 0. The number of rotatable bonds is 4. The van der Waals surface area contributed by atoms with Crippen molar-refractivity contribution in [2.24, 2.45) is 0 Å². The minimum Gasteiger partial charge on any atom is -0.375 e. The van der Waals surface area contributed by atoms with Crippen LogP contribution < -0.4 is 10.2 Å². The Hall–Kier alpha value is -0.650. The molecule has 0 bridgehead atoms. The van der Waals surface area contributed by atoms with Gasteiger partial charge in [0.05, 0.1) is 24.4 Å². The number of hydrogen-bond acceptors (Lipinski definition) is 5. The van der Waals surface area contributed by atoms with Crippen molar-refractivity contribution in [3.8, 4) is 0 Å². The first kappa shape index (κ1) is 16.7. The molecular weight excluding hydrogens is 282 g/mol. The van der Waals surface area contributed by atoms with E-state index in [1.807, 2.05) is 18.4 Å². The van der Waals surface area contributed by atoms with E-state index in [1.165, 1.54) is 10.6 Å². The van der Waals surface area contributed by atoms with E-state index in [-0.39, 0.29) is 11.5 Å². The van der Waals surface area contributed by atoms with Crippen LogP contribution in [0.2, 0.25) is 0 Å². The van der Waals surface area contributed by atoms with Crippen molar-refractivity contribution in [1.82, 2.24) is 10.3 Å². The first-order chi connectivity index (χ1) is 9.86. The van der Waals surface area contributed by atoms with Gasteiger partial charge in [-0.05, 0) is 20.4 Å². The molecule has 120 valence electrons. The van der Waals surface area contributed by atoms with Gasteiger partial charge in [0.2, 0.25) is 0 Å². The Labute approximate surface area is 132 Å². The van der Waals surface area contributed by atoms with Gasteiger partial charge in [-0.1, -0.05) is 27.7 Å². The van der Waals surface area contributed by atoms with E-state index >= 15 is 0 Å². The van der Waals surface area contributed by atoms with Crippen molar-refractivity contribution in [2.75, 3.05) is 25.1 Å². The van der Waals surface area contributed by atoms with Crippen LogP contribution >= 0.6 is 11.3 Å². The normalized spacial score (nSPS) is 23.6. The van der Waals surface area contributed by atoms with Gasteiger partial charge in [0.15, 0.2) is 5.13 Å². The number of nitrogens with one attached hydrogen (secondary N) is 1. The van der Waals surface area contributed by atoms with Gasteiger partial charge in [-0.3, -0.25) is 0 Å². The van der Waals surface area contributed by atoms with Gasteiger partial charge in [0, 0.05) is 23.4 Å². The Bertz CT molecular complexity index is 467. The van der Waals surface area contributed by atoms with E-state index < -0.39 is 0 Å². The first-order valence-electron chi connectivity index (χ1n) is 7.89. The number of morpholine rings is 1. The fourth-order valence-corrected chi connectivity index (χ4v) is 4.11. The van der Waals surface area contributed by atoms with E-state index in [0.717, 1.165) is 31.2 Å². The van der Waals surface area contributed by atoms with Crippen molar-refractivity contribution < 1.29 is 4.74 Å². The number of ether oxygens (including phenoxy) is 1. The van der Waals surface area contributed by atoms with Crippen LogP contribution in [0.1, 0.15) is 51.6 Å². The van der Waals surface area contributed by atoms with Crippen molar-refractivity contribution in [2.45, 2.75) is 65.1 Å². The number of aromatic nitrogens is 1. The Morgan fingerprint density at radius 3 is 2.71 bits per heavy atom. The average Bonchev–Trinajstić information content (AvgIpc) is 2.83. The molecule has 1 saturated heterocycles. The highest BCUT2D eigenvalue weighted by atomic mass is 32.1. The molecule has 0 aliphatic carbocycles. The molecule has 2 rings (SSSR count). The zero-order valence-corrected chi connectivity index (χ0v) is 15.0. The van der Waals surface area contributed by atoms with Gasteiger partial charge in [0.25, 0.3) is 0 Å². The summed E-state index contributed by atoms with van der Waals surface area (Å²) in [5, 5.41) is 4.43. The van der Waals surface area contributed by atoms with Gasteiger partial charge >= 0.3 is 0 Å². The summed E-state index contributed by atoms with van der Waals surface area (Å²) < 4.78 is 5.81. The van der Waals surface area contributed by atoms with Crippen LogP contribution in [0.4, 0.5) is 5.13 Å². The van der Waals surface area contributed by atoms with Gasteiger partial charge in [-0.15, -0.1) is 11.3 Å². The fourth-order valence-electron chi connectivity index (χ4n) is 2.75. The summed E-state index contributed by atoms with van der Waals surface area (Å²) in [6.07, 6.45) is 1.38. The minimum atomic E-state index is 0.0839. The summed E-state index contributed by atoms with van der Waals surface area (Å²) >= 11 is 1.84. The van der Waals surface area contributed by atoms with Crippen LogP contribution in [0.25, 0.3) is 0 Å². The Morgan fingerprint density at radius 1 is 1.43 bits per heavy atom. The lowest BCUT2D eigenvalue weighted by Crippen LogP contribution is -2.48. The fraction of sp³-hybridized carbons (Fsp3) is 0.812. The third kappa shape index (κ3) is 3.76. The van der Waals surface area contributed by atoms with Crippen molar-refractivity contribution in [3.63, 3.8) is 0 Å². The molecule has 0 saturated carbocycles. The van der Waals surface area contributed by atoms with Crippen molar-refractivity contribution in [1.29, 1.82) is 0 Å². The van der Waals surface area contributed by atoms with Crippen LogP contribution in [-0.4, -0.2) is 37.3 Å². The quantitative estimate of drug-likeness (QED) is 0.927. The molecule has 1 fully saturated rings. The van der Waals surface area contributed by atoms with E-state index in [1.54, 1.807) is 0 Å². The Kier molecular flexibility index (Phi) is 5.28. The van der Waals surface area contributed by atoms with Crippen LogP contribution in [0, 0.1) is 0 Å². The average molecular weight is 311 g/mol. The molecule has 5 heteroatoms. The lowest BCUT2D eigenvalue weighted by molar-refractivity contribution is 0.0299. The van der Waals surface area contributed by atoms with Crippen LogP contribution in [0.15, 0.2) is 0 Å². The van der Waals surface area contributed by atoms with Gasteiger partial charge < -0.3 is 15.0 Å². The molecular formula is C16H29N3OS. The molecule has 2 unspecified atom stereocenters. The number of nitrogens with zero attached hydrogens (tertiary/aromatic N) is 2. The topological polar surface area (TPSA) is 37.4 Å². The summed E-state index contributed by atoms with van der Waals surface area (Å²) in [7, 11) is 2.00. The maximum atomic E-state index is 5.81. The van der Waals surface area contributed by atoms with E-state index in [9.17, 15) is 0 Å². The highest BCUT2D eigenvalue weighted by molar-refractivity contribution is 7.15. The zero-order chi connectivity index (χ0) is 15.6. The van der Waals surface area contributed by atoms with Gasteiger partial charge in [0.1, 0.15) is 0 Å². The Balaban J connectivity index is 2.34. The van der Waals surface area contributed by atoms with E-state index in [2.05, 4.69) is 44.8 Å². The standard InChI is InChI=1S/C16H29N3OS/c1-7-12-10-20-11(2)9-19(12)15-18-14(16(3,4)5)13(21-15)8-17-6/h11-12,17H,7-10H2,1-6H3. The lowest BCUT2D eigenvalue weighted by atomic mass is 9.91. The molecule has 1 aromatic heterocycles. The zero-order valence-electron chi connectivity index (χ0n) is 14.2. The third-order valence-corrected chi connectivity index (χ3v) is 5.01. The minimum absolute atomic E-state index is 0.0839. The molecule has 1 aromatic rings. The van der Waals surface area contributed by atoms with E-state index in [0.29, 0.717) is 6.04 Å². The molecule has 0 aromatic carbocycles. The second-order valence-corrected chi connectivity index (χ2v) is 7.97. The maximum absolute atomic E-state index is 5.81. The first-order valence-corrected chi connectivity index (χ1v) is 8.71. The predicted molar refractivity (Wildman–Crippen MR) is 90.4 cm³/mol. The summed E-state index contributed by atoms with van der Waals surface area (Å²) in [6, 6.07) is 0.447. The molecule has 0 radical (unpaired) electrons. The maximum Gasteiger partial charge on any atom is 0.186 e. The molecule has 0 spiro atoms. The van der Waals surface area contributed by atoms with Gasteiger partial charge in [-0.2, -0.15) is 0 Å². The highest BCUT2D eigenvalue weighted by Crippen LogP contribution is 2.35. The molecule has 1 aliphatic heterocycles. The Morgan fingerprint density at radius 2 is 2.14 bits per heavy atom. The number of thiazole rings is 1. The molecule has 2 atom stereocenters. The monoisotopic (exact) mass is 311 g/mol. The van der Waals surface area contributed by atoms with Crippen LogP contribution in [0.3, 0.4) is 0 Å². The number of anilines is 1. The summed E-state index contributed by atoms with van der Waals surface area (Å²) in [5.41, 5.74) is 1.31. The molecule has 4 nitrogen and oxygen atoms in total. The smallest absolute Gasteiger partial charge is 0.186 e. The molecule has 21 heavy (non-hydrogen) atoms. The van der Waals surface area contributed by atoms with E-state index in [4.69, 9.17) is 9.72 Å².